The van der Waals surface area contributed by atoms with Gasteiger partial charge in [-0.15, -0.1) is 0 Å². The molecule has 110 valence electrons. The number of rotatable bonds is 6. The van der Waals surface area contributed by atoms with E-state index in [1.807, 2.05) is 19.1 Å². The molecule has 5 heteroatoms. The van der Waals surface area contributed by atoms with Crippen LogP contribution in [0.2, 0.25) is 10.0 Å². The van der Waals surface area contributed by atoms with E-state index >= 15 is 0 Å². The Morgan fingerprint density at radius 1 is 1.50 bits per heavy atom. The first-order chi connectivity index (χ1) is 9.58. The Morgan fingerprint density at radius 2 is 2.25 bits per heavy atom. The number of aliphatic hydroxyl groups is 1. The van der Waals surface area contributed by atoms with Crippen LogP contribution in [0.5, 0.6) is 0 Å². The van der Waals surface area contributed by atoms with Gasteiger partial charge in [-0.1, -0.05) is 42.3 Å². The van der Waals surface area contributed by atoms with Gasteiger partial charge in [-0.3, -0.25) is 4.79 Å². The number of hydrogen-bond donors (Lipinski definition) is 2. The summed E-state index contributed by atoms with van der Waals surface area (Å²) in [4.78, 5) is 12.2. The second-order valence-electron chi connectivity index (χ2n) is 5.22. The Hall–Kier alpha value is -0.770. The molecule has 2 N–H and O–H groups in total. The number of carbonyl (C=O) groups is 1. The fourth-order valence-corrected chi connectivity index (χ4v) is 2.93. The van der Waals surface area contributed by atoms with Gasteiger partial charge >= 0.3 is 0 Å². The Labute approximate surface area is 129 Å². The molecule has 0 aliphatic heterocycles. The fraction of sp³-hybridized carbons (Fsp3) is 0.533. The summed E-state index contributed by atoms with van der Waals surface area (Å²) >= 11 is 12.2. The molecule has 1 aliphatic rings. The van der Waals surface area contributed by atoms with Gasteiger partial charge in [0.1, 0.15) is 0 Å². The highest BCUT2D eigenvalue weighted by molar-refractivity contribution is 6.42. The van der Waals surface area contributed by atoms with Crippen LogP contribution in [0.15, 0.2) is 18.2 Å². The monoisotopic (exact) mass is 315 g/mol. The minimum absolute atomic E-state index is 0.0290. The van der Waals surface area contributed by atoms with E-state index < -0.39 is 0 Å². The lowest BCUT2D eigenvalue weighted by atomic mass is 10.1. The maximum Gasteiger partial charge on any atom is 0.223 e. The second-order valence-corrected chi connectivity index (χ2v) is 6.00. The van der Waals surface area contributed by atoms with Crippen LogP contribution < -0.4 is 5.32 Å². The first kappa shape index (κ1) is 15.6. The third-order valence-electron chi connectivity index (χ3n) is 3.82. The fourth-order valence-electron chi connectivity index (χ4n) is 2.48. The van der Waals surface area contributed by atoms with Crippen LogP contribution in [0, 0.1) is 5.92 Å². The summed E-state index contributed by atoms with van der Waals surface area (Å²) in [5, 5.41) is 13.0. The maximum atomic E-state index is 12.2. The van der Waals surface area contributed by atoms with Gasteiger partial charge < -0.3 is 10.4 Å². The van der Waals surface area contributed by atoms with Crippen molar-refractivity contribution < 1.29 is 9.90 Å². The normalized spacial score (nSPS) is 22.4. The van der Waals surface area contributed by atoms with E-state index in [9.17, 15) is 4.79 Å². The minimum Gasteiger partial charge on any atom is -0.396 e. The number of halogens is 2. The van der Waals surface area contributed by atoms with Crippen molar-refractivity contribution in [1.82, 2.24) is 5.32 Å². The first-order valence-corrected chi connectivity index (χ1v) is 7.69. The molecule has 2 rings (SSSR count). The van der Waals surface area contributed by atoms with Crippen LogP contribution in [0.4, 0.5) is 0 Å². The molecule has 0 saturated heterocycles. The Balaban J connectivity index is 1.97. The van der Waals surface area contributed by atoms with Crippen molar-refractivity contribution in [2.75, 3.05) is 6.61 Å². The highest BCUT2D eigenvalue weighted by atomic mass is 35.5. The van der Waals surface area contributed by atoms with Gasteiger partial charge in [-0.05, 0) is 36.8 Å². The summed E-state index contributed by atoms with van der Waals surface area (Å²) in [6.07, 6.45) is 2.22. The van der Waals surface area contributed by atoms with E-state index in [1.54, 1.807) is 6.07 Å². The Bertz CT molecular complexity index is 493. The molecular weight excluding hydrogens is 297 g/mol. The zero-order valence-electron chi connectivity index (χ0n) is 11.4. The molecule has 3 nitrogen and oxygen atoms in total. The van der Waals surface area contributed by atoms with Crippen LogP contribution in [0.25, 0.3) is 0 Å². The standard InChI is InChI=1S/C15H19Cl2NO2/c1-2-9(6-7-19)18-15(20)12-8-11(12)10-4-3-5-13(16)14(10)17/h3-5,9,11-12,19H,2,6-8H2,1H3,(H,18,20). The lowest BCUT2D eigenvalue weighted by Crippen LogP contribution is -2.36. The summed E-state index contributed by atoms with van der Waals surface area (Å²) in [7, 11) is 0. The van der Waals surface area contributed by atoms with E-state index in [4.69, 9.17) is 28.3 Å². The predicted molar refractivity (Wildman–Crippen MR) is 81.2 cm³/mol. The van der Waals surface area contributed by atoms with Crippen molar-refractivity contribution in [3.63, 3.8) is 0 Å². The van der Waals surface area contributed by atoms with Crippen molar-refractivity contribution in [3.05, 3.63) is 33.8 Å². The molecule has 1 aromatic carbocycles. The molecule has 0 heterocycles. The molecule has 1 saturated carbocycles. The zero-order valence-corrected chi connectivity index (χ0v) is 12.9. The van der Waals surface area contributed by atoms with Gasteiger partial charge in [0.2, 0.25) is 5.91 Å². The van der Waals surface area contributed by atoms with Crippen molar-refractivity contribution >= 4 is 29.1 Å². The van der Waals surface area contributed by atoms with Gasteiger partial charge in [0.15, 0.2) is 0 Å². The molecule has 0 spiro atoms. The van der Waals surface area contributed by atoms with Gasteiger partial charge in [-0.25, -0.2) is 0 Å². The number of amides is 1. The van der Waals surface area contributed by atoms with Crippen LogP contribution in [-0.2, 0) is 4.79 Å². The van der Waals surface area contributed by atoms with E-state index in [2.05, 4.69) is 5.32 Å². The van der Waals surface area contributed by atoms with E-state index in [-0.39, 0.29) is 30.4 Å². The molecule has 1 aromatic rings. The number of benzene rings is 1. The lowest BCUT2D eigenvalue weighted by Gasteiger charge is -2.15. The summed E-state index contributed by atoms with van der Waals surface area (Å²) in [6, 6.07) is 5.58. The molecule has 0 radical (unpaired) electrons. The molecule has 0 aromatic heterocycles. The summed E-state index contributed by atoms with van der Waals surface area (Å²) in [5.41, 5.74) is 0.953. The molecule has 1 amide bonds. The molecule has 3 atom stereocenters. The van der Waals surface area contributed by atoms with E-state index in [1.165, 1.54) is 0 Å². The largest absolute Gasteiger partial charge is 0.396 e. The van der Waals surface area contributed by atoms with Crippen LogP contribution >= 0.6 is 23.2 Å². The van der Waals surface area contributed by atoms with Crippen molar-refractivity contribution in [1.29, 1.82) is 0 Å². The average molecular weight is 316 g/mol. The molecule has 20 heavy (non-hydrogen) atoms. The zero-order chi connectivity index (χ0) is 14.7. The second kappa shape index (κ2) is 6.79. The van der Waals surface area contributed by atoms with Gasteiger partial charge in [0.05, 0.1) is 10.0 Å². The molecule has 0 bridgehead atoms. The molecular formula is C15H19Cl2NO2. The highest BCUT2D eigenvalue weighted by Gasteiger charge is 2.45. The average Bonchev–Trinajstić information content (AvgIpc) is 3.21. The van der Waals surface area contributed by atoms with Crippen molar-refractivity contribution in [2.45, 2.75) is 38.1 Å². The van der Waals surface area contributed by atoms with E-state index in [0.29, 0.717) is 16.5 Å². The van der Waals surface area contributed by atoms with Gasteiger partial charge in [0, 0.05) is 18.6 Å². The third-order valence-corrected chi connectivity index (χ3v) is 4.66. The topological polar surface area (TPSA) is 49.3 Å². The van der Waals surface area contributed by atoms with Crippen LogP contribution in [0.1, 0.15) is 37.7 Å². The molecule has 3 unspecified atom stereocenters. The van der Waals surface area contributed by atoms with Gasteiger partial charge in [0.25, 0.3) is 0 Å². The predicted octanol–water partition coefficient (Wildman–Crippen LogP) is 3.37. The van der Waals surface area contributed by atoms with Gasteiger partial charge in [-0.2, -0.15) is 0 Å². The van der Waals surface area contributed by atoms with Crippen LogP contribution in [0.3, 0.4) is 0 Å². The van der Waals surface area contributed by atoms with E-state index in [0.717, 1.165) is 18.4 Å². The summed E-state index contributed by atoms with van der Waals surface area (Å²) in [5.74, 6) is 0.179. The number of aliphatic hydroxyl groups excluding tert-OH is 1. The SMILES string of the molecule is CCC(CCO)NC(=O)C1CC1c1cccc(Cl)c1Cl. The summed E-state index contributed by atoms with van der Waals surface area (Å²) < 4.78 is 0. The minimum atomic E-state index is -0.0290. The number of hydrogen-bond acceptors (Lipinski definition) is 2. The first-order valence-electron chi connectivity index (χ1n) is 6.93. The number of nitrogens with one attached hydrogen (secondary N) is 1. The van der Waals surface area contributed by atoms with Crippen LogP contribution in [-0.4, -0.2) is 23.7 Å². The highest BCUT2D eigenvalue weighted by Crippen LogP contribution is 2.50. The maximum absolute atomic E-state index is 12.2. The smallest absolute Gasteiger partial charge is 0.223 e. The third kappa shape index (κ3) is 3.46. The molecule has 1 fully saturated rings. The quantitative estimate of drug-likeness (QED) is 0.845. The van der Waals surface area contributed by atoms with Crippen molar-refractivity contribution in [3.8, 4) is 0 Å². The summed E-state index contributed by atoms with van der Waals surface area (Å²) in [6.45, 7) is 2.09. The lowest BCUT2D eigenvalue weighted by molar-refractivity contribution is -0.123. The molecule has 1 aliphatic carbocycles. The Kier molecular flexibility index (Phi) is 5.30. The number of carbonyl (C=O) groups excluding carboxylic acids is 1. The van der Waals surface area contributed by atoms with Crippen molar-refractivity contribution in [2.24, 2.45) is 5.92 Å². The Morgan fingerprint density at radius 3 is 2.90 bits per heavy atom.